The number of halogens is 9. The summed E-state index contributed by atoms with van der Waals surface area (Å²) in [5.41, 5.74) is -1.77. The molecule has 6 fully saturated rings. The standard InChI is InChI=1S/C73H115F9N12O12/c1-16-40(3)59-68(104)89(11)43(6)63(99)94-33-30-52(94)67(103)91(13)54(37-44-20-25-47(26-21-44)72(77,78)79)66(102)87(9)39-56(95)83-51(29-24-46-34-49(75)58(50(76)35-46)73(80,81)82)64(100)90(12)53(36-45-22-27-48(74)28-23-45)62(98)85-71(31-18-19-32-71)70(106)93(15)60(41(4)17-2)69(105)92(14)55(65(101)86(7)8)38-57(96)88(10)42(5)61(97)84-59/h40-55,58-60H,16-39H2,1-15H3,(H,83,95)(H,84,97)(H,85,98)/t40-,41-,42-,43-,44?,45?,46?,47?,48?,49?,50?,51-,52-,53-,54-,55-,58?,59-,60-/m0/s1. The molecule has 6 rings (SSSR count). The number of likely N-dealkylation sites (N-methyl/N-ethyl adjacent to an activating group) is 8. The van der Waals surface area contributed by atoms with Crippen molar-refractivity contribution in [1.29, 1.82) is 0 Å². The lowest BCUT2D eigenvalue weighted by molar-refractivity contribution is -0.219. The van der Waals surface area contributed by atoms with E-state index in [1.54, 1.807) is 27.7 Å². The molecule has 0 bridgehead atoms. The first-order valence-corrected chi connectivity index (χ1v) is 37.7. The number of alkyl halides is 9. The molecule has 13 atom stereocenters. The van der Waals surface area contributed by atoms with E-state index in [0.29, 0.717) is 19.3 Å². The maximum absolute atomic E-state index is 15.6. The van der Waals surface area contributed by atoms with Crippen molar-refractivity contribution in [2.45, 2.75) is 274 Å². The molecule has 0 aromatic heterocycles. The topological polar surface area (TPSA) is 270 Å². The van der Waals surface area contributed by atoms with Gasteiger partial charge in [0.15, 0.2) is 0 Å². The molecule has 2 heterocycles. The average molecular weight is 1520 g/mol. The number of carbonyl (C=O) groups excluding carboxylic acids is 12. The first-order chi connectivity index (χ1) is 49.3. The highest BCUT2D eigenvalue weighted by molar-refractivity contribution is 6.01. The predicted octanol–water partition coefficient (Wildman–Crippen LogP) is 6.75. The summed E-state index contributed by atoms with van der Waals surface area (Å²) in [6, 6.07) is -12.9. The van der Waals surface area contributed by atoms with E-state index >= 15 is 32.8 Å². The van der Waals surface area contributed by atoms with Crippen molar-refractivity contribution in [3.63, 3.8) is 0 Å². The van der Waals surface area contributed by atoms with Crippen LogP contribution in [0.2, 0.25) is 0 Å². The summed E-state index contributed by atoms with van der Waals surface area (Å²) in [7, 11) is 11.8. The third-order valence-electron chi connectivity index (χ3n) is 24.3. The number of nitrogens with zero attached hydrogens (tertiary/aromatic N) is 9. The number of fused-ring (bicyclic) bond motifs is 1. The van der Waals surface area contributed by atoms with Crippen LogP contribution >= 0.6 is 0 Å². The molecule has 106 heavy (non-hydrogen) atoms. The van der Waals surface area contributed by atoms with Crippen LogP contribution in [0.1, 0.15) is 183 Å². The molecule has 0 aromatic carbocycles. The number of rotatable bonds is 12. The minimum atomic E-state index is -5.23. The fourth-order valence-electron chi connectivity index (χ4n) is 16.3. The molecule has 0 aromatic rings. The molecule has 33 heteroatoms. The van der Waals surface area contributed by atoms with E-state index in [9.17, 15) is 64.3 Å². The number of carbonyl (C=O) groups is 12. The van der Waals surface area contributed by atoms with Crippen LogP contribution in [0.4, 0.5) is 39.5 Å². The van der Waals surface area contributed by atoms with E-state index < -0.39 is 235 Å². The van der Waals surface area contributed by atoms with Gasteiger partial charge in [-0.15, -0.1) is 0 Å². The Morgan fingerprint density at radius 3 is 1.61 bits per heavy atom. The van der Waals surface area contributed by atoms with Crippen molar-refractivity contribution in [2.24, 2.45) is 41.4 Å². The third kappa shape index (κ3) is 20.9. The molecule has 1 spiro atoms. The van der Waals surface area contributed by atoms with Gasteiger partial charge in [0.1, 0.15) is 84.3 Å². The Labute approximate surface area is 617 Å². The second-order valence-electron chi connectivity index (χ2n) is 31.5. The summed E-state index contributed by atoms with van der Waals surface area (Å²) in [6.07, 6.45) is -18.2. The lowest BCUT2D eigenvalue weighted by Crippen LogP contribution is -2.65. The number of nitrogens with one attached hydrogen (secondary N) is 3. The summed E-state index contributed by atoms with van der Waals surface area (Å²) in [5.74, 6) is -17.8. The molecular weight excluding hydrogens is 1410 g/mol. The molecule has 2 saturated heterocycles. The SMILES string of the molecule is CC[C@H](C)[C@@H]1NC(=O)[C@H](C)N(C)C(=O)C[C@@H](C(=O)N(C)C)N(C)C(=O)[C@H]([C@@H](C)CC)N(C)C(=O)C2(CCCC2)NC(=O)[C@H](CC2CCC(F)CC2)N(C)C(=O)[C@H](CCC2CC(F)C(C(F)(F)F)C(F)C2)NC(=O)CN(C)C(=O)[C@H](CC2CCC(C(F)(F)F)CC2)N(C)C(=O)[C@@H]2CCN2C(=O)[C@H](C)N(C)C1=O. The van der Waals surface area contributed by atoms with Crippen molar-refractivity contribution in [1.82, 2.24) is 60.0 Å². The van der Waals surface area contributed by atoms with E-state index in [4.69, 9.17) is 0 Å². The minimum absolute atomic E-state index is 0.00191. The molecule has 4 aliphatic carbocycles. The van der Waals surface area contributed by atoms with Crippen molar-refractivity contribution in [3.8, 4) is 0 Å². The summed E-state index contributed by atoms with van der Waals surface area (Å²) >= 11 is 0. The van der Waals surface area contributed by atoms with Gasteiger partial charge >= 0.3 is 12.4 Å². The van der Waals surface area contributed by atoms with Crippen LogP contribution in [-0.4, -0.2) is 282 Å². The van der Waals surface area contributed by atoms with Crippen LogP contribution in [0.15, 0.2) is 0 Å². The van der Waals surface area contributed by atoms with E-state index in [-0.39, 0.29) is 103 Å². The Balaban J connectivity index is 1.47. The van der Waals surface area contributed by atoms with Crippen LogP contribution < -0.4 is 16.0 Å². The molecule has 0 radical (unpaired) electrons. The van der Waals surface area contributed by atoms with Crippen LogP contribution in [0.25, 0.3) is 0 Å². The van der Waals surface area contributed by atoms with Crippen molar-refractivity contribution >= 4 is 70.9 Å². The molecule has 12 amide bonds. The maximum Gasteiger partial charge on any atom is 0.397 e. The van der Waals surface area contributed by atoms with Gasteiger partial charge in [0.05, 0.1) is 18.9 Å². The molecule has 24 nitrogen and oxygen atoms in total. The Morgan fingerprint density at radius 1 is 0.566 bits per heavy atom. The largest absolute Gasteiger partial charge is 0.397 e. The van der Waals surface area contributed by atoms with Crippen LogP contribution in [0.5, 0.6) is 0 Å². The van der Waals surface area contributed by atoms with Gasteiger partial charge in [-0.2, -0.15) is 26.3 Å². The average Bonchev–Trinajstić information content (AvgIpc) is 1.35. The second-order valence-corrected chi connectivity index (χ2v) is 31.5. The summed E-state index contributed by atoms with van der Waals surface area (Å²) in [5, 5.41) is 8.30. The highest BCUT2D eigenvalue weighted by Crippen LogP contribution is 2.45. The number of amides is 12. The monoisotopic (exact) mass is 1520 g/mol. The van der Waals surface area contributed by atoms with Crippen molar-refractivity contribution in [2.75, 3.05) is 76.5 Å². The molecular formula is C73H115F9N12O12. The van der Waals surface area contributed by atoms with Gasteiger partial charge in [0.25, 0.3) is 0 Å². The van der Waals surface area contributed by atoms with E-state index in [0.717, 1.165) is 34.3 Å². The van der Waals surface area contributed by atoms with Gasteiger partial charge in [-0.3, -0.25) is 57.5 Å². The number of hydrogen-bond acceptors (Lipinski definition) is 12. The molecule has 2 unspecified atom stereocenters. The van der Waals surface area contributed by atoms with Crippen LogP contribution in [-0.2, 0) is 57.5 Å². The molecule has 602 valence electrons. The van der Waals surface area contributed by atoms with Crippen molar-refractivity contribution in [3.05, 3.63) is 0 Å². The number of hydrogen-bond donors (Lipinski definition) is 3. The van der Waals surface area contributed by atoms with Gasteiger partial charge in [-0.05, 0) is 153 Å². The molecule has 3 N–H and O–H groups in total. The van der Waals surface area contributed by atoms with Crippen LogP contribution in [0, 0.1) is 41.4 Å². The fraction of sp³-hybridized carbons (Fsp3) is 0.836. The fourth-order valence-corrected chi connectivity index (χ4v) is 16.3. The first-order valence-electron chi connectivity index (χ1n) is 37.7. The Kier molecular flexibility index (Phi) is 30.6. The van der Waals surface area contributed by atoms with Gasteiger partial charge in [-0.1, -0.05) is 53.4 Å². The zero-order valence-corrected chi connectivity index (χ0v) is 64.3. The van der Waals surface area contributed by atoms with Crippen molar-refractivity contribution < 1.29 is 97.0 Å². The van der Waals surface area contributed by atoms with Gasteiger partial charge in [-0.25, -0.2) is 13.2 Å². The first kappa shape index (κ1) is 87.9. The maximum atomic E-state index is 15.6. The van der Waals surface area contributed by atoms with Gasteiger partial charge in [0, 0.05) is 70.0 Å². The second kappa shape index (κ2) is 36.9. The van der Waals surface area contributed by atoms with Gasteiger partial charge in [0.2, 0.25) is 70.9 Å². The lowest BCUT2D eigenvalue weighted by Gasteiger charge is -2.45. The zero-order chi connectivity index (χ0) is 79.7. The van der Waals surface area contributed by atoms with E-state index in [1.807, 2.05) is 0 Å². The van der Waals surface area contributed by atoms with Crippen LogP contribution in [0.3, 0.4) is 0 Å². The summed E-state index contributed by atoms with van der Waals surface area (Å²) in [6.45, 7) is 8.78. The lowest BCUT2D eigenvalue weighted by atomic mass is 9.76. The highest BCUT2D eigenvalue weighted by Gasteiger charge is 2.55. The minimum Gasteiger partial charge on any atom is -0.347 e. The highest BCUT2D eigenvalue weighted by atomic mass is 19.4. The smallest absolute Gasteiger partial charge is 0.347 e. The Bertz CT molecular complexity index is 3120. The Morgan fingerprint density at radius 2 is 1.10 bits per heavy atom. The van der Waals surface area contributed by atoms with E-state index in [2.05, 4.69) is 16.0 Å². The van der Waals surface area contributed by atoms with E-state index in [1.165, 1.54) is 87.1 Å². The third-order valence-corrected chi connectivity index (χ3v) is 24.3. The summed E-state index contributed by atoms with van der Waals surface area (Å²) in [4.78, 5) is 189. The molecule has 6 aliphatic rings. The summed E-state index contributed by atoms with van der Waals surface area (Å²) < 4.78 is 130. The Hall–Kier alpha value is -6.99. The quantitative estimate of drug-likeness (QED) is 0.171. The zero-order valence-electron chi connectivity index (χ0n) is 64.3. The normalized spacial score (nSPS) is 33.1. The van der Waals surface area contributed by atoms with Gasteiger partial charge < -0.3 is 60.0 Å². The predicted molar refractivity (Wildman–Crippen MR) is 373 cm³/mol. The molecule has 4 saturated carbocycles. The molecule has 2 aliphatic heterocycles.